The fourth-order valence-corrected chi connectivity index (χ4v) is 1.90. The molecule has 0 atom stereocenters. The molecular formula is C11H17N5. The van der Waals surface area contributed by atoms with E-state index in [1.54, 1.807) is 0 Å². The van der Waals surface area contributed by atoms with E-state index >= 15 is 0 Å². The molecule has 86 valence electrons. The molecule has 0 saturated heterocycles. The smallest absolute Gasteiger partial charge is 0.145 e. The Morgan fingerprint density at radius 3 is 2.44 bits per heavy atom. The maximum absolute atomic E-state index is 5.42. The molecular weight excluding hydrogens is 202 g/mol. The second kappa shape index (κ2) is 3.90. The zero-order valence-corrected chi connectivity index (χ0v) is 9.24. The van der Waals surface area contributed by atoms with Crippen molar-refractivity contribution in [1.29, 1.82) is 0 Å². The molecule has 2 aliphatic carbocycles. The number of nitrogens with zero attached hydrogens (tertiary/aromatic N) is 2. The van der Waals surface area contributed by atoms with Gasteiger partial charge in [-0.05, 0) is 32.1 Å². The topological polar surface area (TPSA) is 75.9 Å². The van der Waals surface area contributed by atoms with Crippen LogP contribution in [0.5, 0.6) is 0 Å². The average molecular weight is 219 g/mol. The molecule has 1 aromatic heterocycles. The van der Waals surface area contributed by atoms with Gasteiger partial charge in [0.15, 0.2) is 0 Å². The Balaban J connectivity index is 1.81. The van der Waals surface area contributed by atoms with E-state index in [0.29, 0.717) is 17.8 Å². The van der Waals surface area contributed by atoms with Gasteiger partial charge < -0.3 is 10.7 Å². The zero-order chi connectivity index (χ0) is 11.0. The fraction of sp³-hybridized carbons (Fsp3) is 0.636. The van der Waals surface area contributed by atoms with Gasteiger partial charge in [-0.15, -0.1) is 0 Å². The summed E-state index contributed by atoms with van der Waals surface area (Å²) in [5, 5.41) is 3.43. The summed E-state index contributed by atoms with van der Waals surface area (Å²) in [6.07, 6.45) is 6.22. The SMILES string of the molecule is NNc1cc(NC2CCC2)nc(C2CC2)n1. The van der Waals surface area contributed by atoms with Crippen molar-refractivity contribution in [2.24, 2.45) is 5.84 Å². The van der Waals surface area contributed by atoms with Crippen LogP contribution in [0.2, 0.25) is 0 Å². The highest BCUT2D eigenvalue weighted by molar-refractivity contribution is 5.48. The van der Waals surface area contributed by atoms with E-state index in [1.165, 1.54) is 32.1 Å². The van der Waals surface area contributed by atoms with Crippen LogP contribution in [-0.2, 0) is 0 Å². The molecule has 1 aromatic rings. The number of nitrogen functional groups attached to an aromatic ring is 1. The molecule has 0 spiro atoms. The summed E-state index contributed by atoms with van der Waals surface area (Å²) in [7, 11) is 0. The van der Waals surface area contributed by atoms with Crippen LogP contribution in [0.1, 0.15) is 43.8 Å². The largest absolute Gasteiger partial charge is 0.367 e. The van der Waals surface area contributed by atoms with Crippen molar-refractivity contribution in [3.63, 3.8) is 0 Å². The van der Waals surface area contributed by atoms with E-state index in [0.717, 1.165) is 11.6 Å². The number of nitrogens with two attached hydrogens (primary N) is 1. The normalized spacial score (nSPS) is 20.3. The Kier molecular flexibility index (Phi) is 2.40. The van der Waals surface area contributed by atoms with E-state index in [-0.39, 0.29) is 0 Å². The third-order valence-electron chi connectivity index (χ3n) is 3.29. The summed E-state index contributed by atoms with van der Waals surface area (Å²) < 4.78 is 0. The van der Waals surface area contributed by atoms with Gasteiger partial charge in [0.05, 0.1) is 0 Å². The van der Waals surface area contributed by atoms with Gasteiger partial charge in [0.2, 0.25) is 0 Å². The summed E-state index contributed by atoms with van der Waals surface area (Å²) in [6, 6.07) is 2.47. The van der Waals surface area contributed by atoms with Gasteiger partial charge in [-0.1, -0.05) is 0 Å². The molecule has 2 aliphatic rings. The van der Waals surface area contributed by atoms with Crippen LogP contribution in [-0.4, -0.2) is 16.0 Å². The molecule has 5 heteroatoms. The monoisotopic (exact) mass is 219 g/mol. The number of anilines is 2. The first-order chi connectivity index (χ1) is 7.85. The lowest BCUT2D eigenvalue weighted by atomic mass is 9.93. The van der Waals surface area contributed by atoms with Gasteiger partial charge >= 0.3 is 0 Å². The van der Waals surface area contributed by atoms with Crippen LogP contribution >= 0.6 is 0 Å². The van der Waals surface area contributed by atoms with E-state index in [1.807, 2.05) is 6.07 Å². The van der Waals surface area contributed by atoms with Gasteiger partial charge in [0.25, 0.3) is 0 Å². The molecule has 16 heavy (non-hydrogen) atoms. The minimum atomic E-state index is 0.551. The molecule has 1 heterocycles. The van der Waals surface area contributed by atoms with E-state index in [4.69, 9.17) is 5.84 Å². The first-order valence-electron chi connectivity index (χ1n) is 5.97. The second-order valence-corrected chi connectivity index (χ2v) is 4.69. The van der Waals surface area contributed by atoms with Crippen molar-refractivity contribution in [1.82, 2.24) is 9.97 Å². The molecule has 3 rings (SSSR count). The van der Waals surface area contributed by atoms with Gasteiger partial charge in [0, 0.05) is 18.0 Å². The van der Waals surface area contributed by atoms with Gasteiger partial charge in [-0.3, -0.25) is 0 Å². The second-order valence-electron chi connectivity index (χ2n) is 4.69. The highest BCUT2D eigenvalue weighted by atomic mass is 15.3. The Labute approximate surface area is 94.8 Å². The zero-order valence-electron chi connectivity index (χ0n) is 9.24. The van der Waals surface area contributed by atoms with Crippen molar-refractivity contribution >= 4 is 11.6 Å². The van der Waals surface area contributed by atoms with Crippen molar-refractivity contribution in [2.75, 3.05) is 10.7 Å². The highest BCUT2D eigenvalue weighted by Gasteiger charge is 2.27. The lowest BCUT2D eigenvalue weighted by Crippen LogP contribution is -2.27. The molecule has 0 bridgehead atoms. The fourth-order valence-electron chi connectivity index (χ4n) is 1.90. The molecule has 0 aromatic carbocycles. The molecule has 0 amide bonds. The van der Waals surface area contributed by atoms with Crippen molar-refractivity contribution in [3.8, 4) is 0 Å². The van der Waals surface area contributed by atoms with Crippen molar-refractivity contribution in [2.45, 2.75) is 44.1 Å². The quantitative estimate of drug-likeness (QED) is 0.530. The third-order valence-corrected chi connectivity index (χ3v) is 3.29. The summed E-state index contributed by atoms with van der Waals surface area (Å²) in [6.45, 7) is 0. The molecule has 0 radical (unpaired) electrons. The molecule has 0 aliphatic heterocycles. The highest BCUT2D eigenvalue weighted by Crippen LogP contribution is 2.39. The molecule has 2 saturated carbocycles. The lowest BCUT2D eigenvalue weighted by Gasteiger charge is -2.27. The average Bonchev–Trinajstić information content (AvgIpc) is 3.07. The van der Waals surface area contributed by atoms with Crippen LogP contribution in [0, 0.1) is 0 Å². The predicted octanol–water partition coefficient (Wildman–Crippen LogP) is 1.60. The van der Waals surface area contributed by atoms with Crippen LogP contribution in [0.25, 0.3) is 0 Å². The number of rotatable bonds is 4. The van der Waals surface area contributed by atoms with Crippen LogP contribution in [0.15, 0.2) is 6.07 Å². The summed E-state index contributed by atoms with van der Waals surface area (Å²) in [4.78, 5) is 8.93. The molecule has 0 unspecified atom stereocenters. The minimum Gasteiger partial charge on any atom is -0.367 e. The van der Waals surface area contributed by atoms with Gasteiger partial charge in [-0.2, -0.15) is 0 Å². The first kappa shape index (κ1) is 9.84. The Bertz CT molecular complexity index is 384. The Morgan fingerprint density at radius 1 is 1.12 bits per heavy atom. The first-order valence-corrected chi connectivity index (χ1v) is 5.97. The number of hydrogen-bond donors (Lipinski definition) is 3. The third kappa shape index (κ3) is 1.95. The van der Waals surface area contributed by atoms with Crippen molar-refractivity contribution in [3.05, 3.63) is 11.9 Å². The Hall–Kier alpha value is -1.36. The van der Waals surface area contributed by atoms with Crippen LogP contribution < -0.4 is 16.6 Å². The van der Waals surface area contributed by atoms with E-state index in [9.17, 15) is 0 Å². The lowest BCUT2D eigenvalue weighted by molar-refractivity contribution is 0.444. The molecule has 2 fully saturated rings. The number of aromatic nitrogens is 2. The summed E-state index contributed by atoms with van der Waals surface area (Å²) in [5.74, 6) is 8.52. The molecule has 5 nitrogen and oxygen atoms in total. The van der Waals surface area contributed by atoms with Gasteiger partial charge in [-0.25, -0.2) is 15.8 Å². The van der Waals surface area contributed by atoms with E-state index in [2.05, 4.69) is 20.7 Å². The maximum atomic E-state index is 5.42. The Morgan fingerprint density at radius 2 is 1.88 bits per heavy atom. The minimum absolute atomic E-state index is 0.551. The predicted molar refractivity (Wildman–Crippen MR) is 63.1 cm³/mol. The van der Waals surface area contributed by atoms with Gasteiger partial charge in [0.1, 0.15) is 17.5 Å². The number of hydrazine groups is 1. The van der Waals surface area contributed by atoms with Crippen LogP contribution in [0.3, 0.4) is 0 Å². The maximum Gasteiger partial charge on any atom is 0.145 e. The molecule has 4 N–H and O–H groups in total. The number of nitrogens with one attached hydrogen (secondary N) is 2. The number of hydrogen-bond acceptors (Lipinski definition) is 5. The van der Waals surface area contributed by atoms with Crippen LogP contribution in [0.4, 0.5) is 11.6 Å². The summed E-state index contributed by atoms with van der Waals surface area (Å²) >= 11 is 0. The van der Waals surface area contributed by atoms with Crippen molar-refractivity contribution < 1.29 is 0 Å². The standard InChI is InChI=1S/C11H17N5/c12-16-10-6-9(13-8-2-1-3-8)14-11(15-10)7-4-5-7/h6-8H,1-5,12H2,(H2,13,14,15,16). The van der Waals surface area contributed by atoms with E-state index < -0.39 is 0 Å². The summed E-state index contributed by atoms with van der Waals surface area (Å²) in [5.41, 5.74) is 2.61.